The zero-order valence-corrected chi connectivity index (χ0v) is 16.6. The van der Waals surface area contributed by atoms with E-state index in [9.17, 15) is 4.79 Å². The molecular weight excluding hydrogens is 414 g/mol. The van der Waals surface area contributed by atoms with Gasteiger partial charge in [0.15, 0.2) is 0 Å². The third-order valence-electron chi connectivity index (χ3n) is 3.75. The van der Waals surface area contributed by atoms with Crippen LogP contribution in [0.25, 0.3) is 0 Å². The fourth-order valence-electron chi connectivity index (χ4n) is 2.40. The molecule has 3 rings (SSSR count). The molecule has 2 aromatic carbocycles. The fourth-order valence-corrected chi connectivity index (χ4v) is 3.24. The van der Waals surface area contributed by atoms with Gasteiger partial charge in [0.05, 0.1) is 5.75 Å². The van der Waals surface area contributed by atoms with E-state index in [4.69, 9.17) is 4.42 Å². The van der Waals surface area contributed by atoms with Gasteiger partial charge in [0.1, 0.15) is 0 Å². The van der Waals surface area contributed by atoms with Crippen molar-refractivity contribution in [3.8, 4) is 0 Å². The molecule has 1 aromatic heterocycles. The number of halogens is 1. The molecule has 0 aliphatic carbocycles. The van der Waals surface area contributed by atoms with E-state index in [1.54, 1.807) is 0 Å². The lowest BCUT2D eigenvalue weighted by molar-refractivity contribution is -0.113. The van der Waals surface area contributed by atoms with Crippen molar-refractivity contribution in [1.29, 1.82) is 0 Å². The summed E-state index contributed by atoms with van der Waals surface area (Å²) < 4.78 is 6.61. The molecule has 0 radical (unpaired) electrons. The van der Waals surface area contributed by atoms with Crippen LogP contribution in [0.15, 0.2) is 68.7 Å². The van der Waals surface area contributed by atoms with Gasteiger partial charge in [0.25, 0.3) is 5.22 Å². The Morgan fingerprint density at radius 2 is 1.88 bits per heavy atom. The molecule has 0 saturated heterocycles. The highest BCUT2D eigenvalue weighted by Crippen LogP contribution is 2.22. The summed E-state index contributed by atoms with van der Waals surface area (Å²) in [6.45, 7) is 2.12. The molecule has 7 heteroatoms. The van der Waals surface area contributed by atoms with Crippen LogP contribution in [-0.2, 0) is 11.2 Å². The Morgan fingerprint density at radius 3 is 2.62 bits per heavy atom. The zero-order chi connectivity index (χ0) is 18.4. The third kappa shape index (κ3) is 5.44. The minimum atomic E-state index is -0.116. The van der Waals surface area contributed by atoms with E-state index >= 15 is 0 Å². The number of nitrogens with one attached hydrogen (secondary N) is 1. The molecule has 0 saturated carbocycles. The highest BCUT2D eigenvalue weighted by Gasteiger charge is 2.13. The van der Waals surface area contributed by atoms with Crippen LogP contribution >= 0.6 is 27.7 Å². The monoisotopic (exact) mass is 431 g/mol. The van der Waals surface area contributed by atoms with E-state index in [2.05, 4.69) is 50.5 Å². The smallest absolute Gasteiger partial charge is 0.277 e. The van der Waals surface area contributed by atoms with E-state index in [0.717, 1.165) is 10.2 Å². The first kappa shape index (κ1) is 18.7. The second kappa shape index (κ2) is 9.00. The standard InChI is InChI=1S/C19H18BrN3O2S/c1-13(14-5-3-2-4-6-14)11-18-22-23-19(25-18)26-12-17(24)21-16-9-7-15(20)8-10-16/h2-10,13H,11-12H2,1H3,(H,21,24). The van der Waals surface area contributed by atoms with Crippen molar-refractivity contribution in [2.45, 2.75) is 24.5 Å². The average molecular weight is 432 g/mol. The van der Waals surface area contributed by atoms with Crippen LogP contribution in [-0.4, -0.2) is 21.9 Å². The Morgan fingerprint density at radius 1 is 1.15 bits per heavy atom. The number of carbonyl (C=O) groups excluding carboxylic acids is 1. The van der Waals surface area contributed by atoms with Crippen LogP contribution in [0, 0.1) is 0 Å². The summed E-state index contributed by atoms with van der Waals surface area (Å²) in [5.41, 5.74) is 1.98. The maximum Gasteiger partial charge on any atom is 0.277 e. The molecule has 5 nitrogen and oxygen atoms in total. The molecular formula is C19H18BrN3O2S. The number of thioether (sulfide) groups is 1. The first-order valence-corrected chi connectivity index (χ1v) is 9.93. The van der Waals surface area contributed by atoms with Gasteiger partial charge in [-0.1, -0.05) is 64.9 Å². The van der Waals surface area contributed by atoms with Gasteiger partial charge >= 0.3 is 0 Å². The van der Waals surface area contributed by atoms with Crippen molar-refractivity contribution >= 4 is 39.3 Å². The summed E-state index contributed by atoms with van der Waals surface area (Å²) in [5, 5.41) is 11.3. The minimum absolute atomic E-state index is 0.116. The number of nitrogens with zero attached hydrogens (tertiary/aromatic N) is 2. The van der Waals surface area contributed by atoms with E-state index in [-0.39, 0.29) is 17.6 Å². The quantitative estimate of drug-likeness (QED) is 0.538. The van der Waals surface area contributed by atoms with Gasteiger partial charge in [-0.3, -0.25) is 4.79 Å². The van der Waals surface area contributed by atoms with Crippen molar-refractivity contribution in [3.05, 3.63) is 70.5 Å². The van der Waals surface area contributed by atoms with Crippen LogP contribution in [0.4, 0.5) is 5.69 Å². The Hall–Kier alpha value is -2.12. The molecule has 0 aliphatic rings. The summed E-state index contributed by atoms with van der Waals surface area (Å²) >= 11 is 4.60. The molecule has 3 aromatic rings. The fraction of sp³-hybridized carbons (Fsp3) is 0.211. The number of hydrogen-bond donors (Lipinski definition) is 1. The van der Waals surface area contributed by atoms with Gasteiger partial charge in [0, 0.05) is 16.6 Å². The molecule has 0 fully saturated rings. The largest absolute Gasteiger partial charge is 0.416 e. The van der Waals surface area contributed by atoms with Gasteiger partial charge in [-0.2, -0.15) is 0 Å². The van der Waals surface area contributed by atoms with Crippen LogP contribution < -0.4 is 5.32 Å². The highest BCUT2D eigenvalue weighted by atomic mass is 79.9. The summed E-state index contributed by atoms with van der Waals surface area (Å²) in [6.07, 6.45) is 0.669. The lowest BCUT2D eigenvalue weighted by atomic mass is 9.98. The Labute approximate surface area is 164 Å². The molecule has 1 N–H and O–H groups in total. The average Bonchev–Trinajstić information content (AvgIpc) is 3.10. The van der Waals surface area contributed by atoms with Gasteiger partial charge in [-0.25, -0.2) is 0 Å². The molecule has 0 bridgehead atoms. The number of anilines is 1. The number of amides is 1. The highest BCUT2D eigenvalue weighted by molar-refractivity contribution is 9.10. The van der Waals surface area contributed by atoms with Crippen molar-refractivity contribution < 1.29 is 9.21 Å². The maximum atomic E-state index is 12.0. The number of benzene rings is 2. The number of carbonyl (C=O) groups is 1. The van der Waals surface area contributed by atoms with Crippen LogP contribution in [0.3, 0.4) is 0 Å². The topological polar surface area (TPSA) is 68.0 Å². The van der Waals surface area contributed by atoms with Crippen molar-refractivity contribution in [3.63, 3.8) is 0 Å². The molecule has 1 heterocycles. The van der Waals surface area contributed by atoms with Crippen molar-refractivity contribution in [2.24, 2.45) is 0 Å². The lowest BCUT2D eigenvalue weighted by Crippen LogP contribution is -2.13. The zero-order valence-electron chi connectivity index (χ0n) is 14.2. The molecule has 26 heavy (non-hydrogen) atoms. The van der Waals surface area contributed by atoms with E-state index < -0.39 is 0 Å². The molecule has 1 amide bonds. The maximum absolute atomic E-state index is 12.0. The SMILES string of the molecule is CC(Cc1nnc(SCC(=O)Nc2ccc(Br)cc2)o1)c1ccccc1. The minimum Gasteiger partial charge on any atom is -0.416 e. The van der Waals surface area contributed by atoms with Gasteiger partial charge < -0.3 is 9.73 Å². The van der Waals surface area contributed by atoms with Crippen LogP contribution in [0.1, 0.15) is 24.3 Å². The molecule has 0 aliphatic heterocycles. The Balaban J connectivity index is 1.49. The van der Waals surface area contributed by atoms with Crippen LogP contribution in [0.5, 0.6) is 0 Å². The summed E-state index contributed by atoms with van der Waals surface area (Å²) in [5.74, 6) is 0.966. The second-order valence-electron chi connectivity index (χ2n) is 5.82. The van der Waals surface area contributed by atoms with E-state index in [0.29, 0.717) is 17.5 Å². The summed E-state index contributed by atoms with van der Waals surface area (Å²) in [4.78, 5) is 12.0. The molecule has 1 unspecified atom stereocenters. The number of rotatable bonds is 7. The molecule has 134 valence electrons. The first-order chi connectivity index (χ1) is 12.6. The summed E-state index contributed by atoms with van der Waals surface area (Å²) in [6, 6.07) is 17.6. The normalized spacial score (nSPS) is 11.9. The van der Waals surface area contributed by atoms with Crippen LogP contribution in [0.2, 0.25) is 0 Å². The third-order valence-corrected chi connectivity index (χ3v) is 5.10. The van der Waals surface area contributed by atoms with E-state index in [1.165, 1.54) is 17.3 Å². The summed E-state index contributed by atoms with van der Waals surface area (Å²) in [7, 11) is 0. The predicted molar refractivity (Wildman–Crippen MR) is 106 cm³/mol. The second-order valence-corrected chi connectivity index (χ2v) is 7.66. The van der Waals surface area contributed by atoms with Gasteiger partial charge in [0.2, 0.25) is 11.8 Å². The predicted octanol–water partition coefficient (Wildman–Crippen LogP) is 4.91. The first-order valence-electron chi connectivity index (χ1n) is 8.15. The lowest BCUT2D eigenvalue weighted by Gasteiger charge is -2.08. The Kier molecular flexibility index (Phi) is 6.46. The van der Waals surface area contributed by atoms with E-state index in [1.807, 2.05) is 42.5 Å². The van der Waals surface area contributed by atoms with Gasteiger partial charge in [-0.05, 0) is 35.7 Å². The number of aromatic nitrogens is 2. The van der Waals surface area contributed by atoms with Crippen molar-refractivity contribution in [1.82, 2.24) is 10.2 Å². The van der Waals surface area contributed by atoms with Crippen molar-refractivity contribution in [2.75, 3.05) is 11.1 Å². The molecule has 1 atom stereocenters. The molecule has 0 spiro atoms. The Bertz CT molecular complexity index is 853. The number of hydrogen-bond acceptors (Lipinski definition) is 5. The van der Waals surface area contributed by atoms with Gasteiger partial charge in [-0.15, -0.1) is 10.2 Å².